The lowest BCUT2D eigenvalue weighted by molar-refractivity contribution is -0.116. The summed E-state index contributed by atoms with van der Waals surface area (Å²) >= 11 is 0. The van der Waals surface area contributed by atoms with Gasteiger partial charge in [0.25, 0.3) is 5.91 Å². The first-order chi connectivity index (χ1) is 12.5. The molecule has 5 nitrogen and oxygen atoms in total. The molecule has 1 fully saturated rings. The zero-order chi connectivity index (χ0) is 18.3. The summed E-state index contributed by atoms with van der Waals surface area (Å²) in [7, 11) is 0. The predicted octanol–water partition coefficient (Wildman–Crippen LogP) is 2.58. The van der Waals surface area contributed by atoms with Gasteiger partial charge in [-0.1, -0.05) is 30.3 Å². The lowest BCUT2D eigenvalue weighted by atomic mass is 9.95. The molecule has 0 radical (unpaired) electrons. The summed E-state index contributed by atoms with van der Waals surface area (Å²) < 4.78 is 0. The SMILES string of the molecule is CC(=O)N1CCc2cc(C(=O)N3C[C@@H](N)[C@H](c4ccccc4)C3)ccc21.Cl. The molecule has 1 saturated heterocycles. The summed E-state index contributed by atoms with van der Waals surface area (Å²) in [6, 6.07) is 15.7. The Labute approximate surface area is 165 Å². The van der Waals surface area contributed by atoms with Crippen molar-refractivity contribution in [1.82, 2.24) is 4.90 Å². The molecule has 2 amide bonds. The zero-order valence-corrected chi connectivity index (χ0v) is 16.1. The van der Waals surface area contributed by atoms with Gasteiger partial charge in [0.15, 0.2) is 0 Å². The van der Waals surface area contributed by atoms with Gasteiger partial charge in [0, 0.05) is 49.8 Å². The molecular weight excluding hydrogens is 362 g/mol. The van der Waals surface area contributed by atoms with Crippen LogP contribution in [0.15, 0.2) is 48.5 Å². The molecule has 2 heterocycles. The minimum absolute atomic E-state index is 0. The Morgan fingerprint density at radius 3 is 2.52 bits per heavy atom. The fraction of sp³-hybridized carbons (Fsp3) is 0.333. The van der Waals surface area contributed by atoms with E-state index in [0.717, 1.165) is 17.7 Å². The molecule has 2 aliphatic heterocycles. The van der Waals surface area contributed by atoms with Gasteiger partial charge in [0.2, 0.25) is 5.91 Å². The van der Waals surface area contributed by atoms with Crippen LogP contribution in [0.25, 0.3) is 0 Å². The lowest BCUT2D eigenvalue weighted by Crippen LogP contribution is -2.32. The molecule has 2 aliphatic rings. The number of rotatable bonds is 2. The maximum Gasteiger partial charge on any atom is 0.253 e. The molecule has 0 aliphatic carbocycles. The van der Waals surface area contributed by atoms with E-state index in [-0.39, 0.29) is 36.2 Å². The van der Waals surface area contributed by atoms with Crippen LogP contribution >= 0.6 is 12.4 Å². The summed E-state index contributed by atoms with van der Waals surface area (Å²) in [6.45, 7) is 3.46. The molecule has 2 aromatic rings. The number of halogens is 1. The van der Waals surface area contributed by atoms with Crippen LogP contribution in [0.1, 0.15) is 34.3 Å². The van der Waals surface area contributed by atoms with E-state index in [0.29, 0.717) is 25.2 Å². The van der Waals surface area contributed by atoms with Crippen molar-refractivity contribution in [2.24, 2.45) is 5.73 Å². The Morgan fingerprint density at radius 2 is 1.81 bits per heavy atom. The second kappa shape index (κ2) is 7.71. The number of nitrogens with two attached hydrogens (primary N) is 1. The third-order valence-corrected chi connectivity index (χ3v) is 5.48. The van der Waals surface area contributed by atoms with Gasteiger partial charge in [0.1, 0.15) is 0 Å². The van der Waals surface area contributed by atoms with Crippen molar-refractivity contribution in [2.45, 2.75) is 25.3 Å². The van der Waals surface area contributed by atoms with E-state index in [4.69, 9.17) is 5.73 Å². The van der Waals surface area contributed by atoms with Crippen LogP contribution in [-0.2, 0) is 11.2 Å². The first kappa shape index (κ1) is 19.4. The number of hydrogen-bond acceptors (Lipinski definition) is 3. The highest BCUT2D eigenvalue weighted by molar-refractivity contribution is 5.98. The number of hydrogen-bond donors (Lipinski definition) is 1. The predicted molar refractivity (Wildman–Crippen MR) is 108 cm³/mol. The van der Waals surface area contributed by atoms with E-state index >= 15 is 0 Å². The smallest absolute Gasteiger partial charge is 0.253 e. The minimum atomic E-state index is -0.0519. The van der Waals surface area contributed by atoms with Gasteiger partial charge in [-0.05, 0) is 35.7 Å². The highest BCUT2D eigenvalue weighted by Gasteiger charge is 2.34. The number of nitrogens with zero attached hydrogens (tertiary/aromatic N) is 2. The van der Waals surface area contributed by atoms with Crippen molar-refractivity contribution in [2.75, 3.05) is 24.5 Å². The summed E-state index contributed by atoms with van der Waals surface area (Å²) in [6.07, 6.45) is 0.794. The number of fused-ring (bicyclic) bond motifs is 1. The third kappa shape index (κ3) is 3.57. The zero-order valence-electron chi connectivity index (χ0n) is 15.3. The molecule has 0 aromatic heterocycles. The maximum absolute atomic E-state index is 13.0. The van der Waals surface area contributed by atoms with Crippen molar-refractivity contribution in [3.8, 4) is 0 Å². The van der Waals surface area contributed by atoms with Crippen LogP contribution in [0.4, 0.5) is 5.69 Å². The van der Waals surface area contributed by atoms with Crippen LogP contribution in [-0.4, -0.2) is 42.4 Å². The summed E-state index contributed by atoms with van der Waals surface area (Å²) in [5, 5.41) is 0. The van der Waals surface area contributed by atoms with E-state index in [1.165, 1.54) is 5.56 Å². The third-order valence-electron chi connectivity index (χ3n) is 5.48. The second-order valence-corrected chi connectivity index (χ2v) is 7.16. The number of anilines is 1. The van der Waals surface area contributed by atoms with E-state index in [1.807, 2.05) is 41.3 Å². The molecule has 2 atom stereocenters. The van der Waals surface area contributed by atoms with Gasteiger partial charge in [0.05, 0.1) is 0 Å². The molecule has 0 unspecified atom stereocenters. The average molecular weight is 386 g/mol. The molecule has 4 rings (SSSR count). The number of amides is 2. The van der Waals surface area contributed by atoms with Gasteiger partial charge in [-0.15, -0.1) is 12.4 Å². The fourth-order valence-electron chi connectivity index (χ4n) is 4.09. The normalized spacial score (nSPS) is 21.0. The van der Waals surface area contributed by atoms with Gasteiger partial charge in [-0.3, -0.25) is 9.59 Å². The van der Waals surface area contributed by atoms with Crippen molar-refractivity contribution in [3.63, 3.8) is 0 Å². The van der Waals surface area contributed by atoms with Crippen LogP contribution in [0.3, 0.4) is 0 Å². The molecule has 0 bridgehead atoms. The van der Waals surface area contributed by atoms with Crippen molar-refractivity contribution in [3.05, 3.63) is 65.2 Å². The van der Waals surface area contributed by atoms with Crippen LogP contribution in [0, 0.1) is 0 Å². The van der Waals surface area contributed by atoms with Crippen molar-refractivity contribution in [1.29, 1.82) is 0 Å². The number of carbonyl (C=O) groups excluding carboxylic acids is 2. The number of carbonyl (C=O) groups is 2. The standard InChI is InChI=1S/C21H23N3O2.ClH/c1-14(25)24-10-9-16-11-17(7-8-20(16)24)21(26)23-12-18(19(22)13-23)15-5-3-2-4-6-15;/h2-8,11,18-19H,9-10,12-13,22H2,1H3;1H/t18-,19+;/m0./s1. The number of benzene rings is 2. The van der Waals surface area contributed by atoms with Gasteiger partial charge in [-0.2, -0.15) is 0 Å². The molecular formula is C21H24ClN3O2. The first-order valence-electron chi connectivity index (χ1n) is 9.05. The highest BCUT2D eigenvalue weighted by Crippen LogP contribution is 2.31. The molecule has 2 aromatic carbocycles. The lowest BCUT2D eigenvalue weighted by Gasteiger charge is -2.18. The van der Waals surface area contributed by atoms with Crippen LogP contribution in [0.5, 0.6) is 0 Å². The van der Waals surface area contributed by atoms with Crippen molar-refractivity contribution < 1.29 is 9.59 Å². The average Bonchev–Trinajstić information content (AvgIpc) is 3.25. The molecule has 0 spiro atoms. The van der Waals surface area contributed by atoms with Crippen LogP contribution in [0.2, 0.25) is 0 Å². The van der Waals surface area contributed by atoms with E-state index in [2.05, 4.69) is 12.1 Å². The monoisotopic (exact) mass is 385 g/mol. The Morgan fingerprint density at radius 1 is 1.07 bits per heavy atom. The Balaban J connectivity index is 0.00000210. The summed E-state index contributed by atoms with van der Waals surface area (Å²) in [5.41, 5.74) is 10.2. The Kier molecular flexibility index (Phi) is 5.53. The molecule has 2 N–H and O–H groups in total. The van der Waals surface area contributed by atoms with Crippen LogP contribution < -0.4 is 10.6 Å². The van der Waals surface area contributed by atoms with E-state index < -0.39 is 0 Å². The quantitative estimate of drug-likeness (QED) is 0.864. The number of likely N-dealkylation sites (tertiary alicyclic amines) is 1. The van der Waals surface area contributed by atoms with Crippen molar-refractivity contribution >= 4 is 29.9 Å². The molecule has 27 heavy (non-hydrogen) atoms. The highest BCUT2D eigenvalue weighted by atomic mass is 35.5. The van der Waals surface area contributed by atoms with Gasteiger partial charge < -0.3 is 15.5 Å². The summed E-state index contributed by atoms with van der Waals surface area (Å²) in [5.74, 6) is 0.227. The Hall–Kier alpha value is -2.37. The molecule has 0 saturated carbocycles. The fourth-order valence-corrected chi connectivity index (χ4v) is 4.09. The summed E-state index contributed by atoms with van der Waals surface area (Å²) in [4.78, 5) is 28.3. The molecule has 142 valence electrons. The molecule has 6 heteroatoms. The maximum atomic E-state index is 13.0. The minimum Gasteiger partial charge on any atom is -0.336 e. The second-order valence-electron chi connectivity index (χ2n) is 7.16. The Bertz CT molecular complexity index is 856. The first-order valence-corrected chi connectivity index (χ1v) is 9.05. The largest absolute Gasteiger partial charge is 0.336 e. The van der Waals surface area contributed by atoms with Gasteiger partial charge in [-0.25, -0.2) is 0 Å². The van der Waals surface area contributed by atoms with E-state index in [9.17, 15) is 9.59 Å². The topological polar surface area (TPSA) is 66.6 Å². The van der Waals surface area contributed by atoms with Gasteiger partial charge >= 0.3 is 0 Å². The van der Waals surface area contributed by atoms with E-state index in [1.54, 1.807) is 11.8 Å².